The summed E-state index contributed by atoms with van der Waals surface area (Å²) in [5.74, 6) is 2.87. The molecule has 8 nitrogen and oxygen atoms in total. The fourth-order valence-corrected chi connectivity index (χ4v) is 4.30. The molecule has 0 fully saturated rings. The minimum absolute atomic E-state index is 0.0622. The molecule has 33 heavy (non-hydrogen) atoms. The summed E-state index contributed by atoms with van der Waals surface area (Å²) in [5.41, 5.74) is 0.740. The largest absolute Gasteiger partial charge is 0.494 e. The first kappa shape index (κ1) is 23.1. The molecule has 0 aliphatic heterocycles. The number of para-hydroxylation sites is 1. The molecule has 9 heteroatoms. The van der Waals surface area contributed by atoms with Crippen LogP contribution in [0.15, 0.2) is 58.5 Å². The van der Waals surface area contributed by atoms with Crippen molar-refractivity contribution in [3.8, 4) is 11.5 Å². The van der Waals surface area contributed by atoms with E-state index < -0.39 is 0 Å². The molecule has 0 atom stereocenters. The summed E-state index contributed by atoms with van der Waals surface area (Å²) in [4.78, 5) is 13.1. The number of thioether (sulfide) groups is 1. The topological polar surface area (TPSA) is 79.9 Å². The average Bonchev–Trinajstić information content (AvgIpc) is 3.27. The van der Waals surface area contributed by atoms with E-state index in [1.165, 1.54) is 0 Å². The van der Waals surface area contributed by atoms with E-state index in [2.05, 4.69) is 17.1 Å². The van der Waals surface area contributed by atoms with Crippen molar-refractivity contribution in [3.05, 3.63) is 58.9 Å². The molecule has 0 radical (unpaired) electrons. The summed E-state index contributed by atoms with van der Waals surface area (Å²) in [5, 5.41) is 10.1. The summed E-state index contributed by atoms with van der Waals surface area (Å²) in [6.45, 7) is 4.39. The minimum Gasteiger partial charge on any atom is -0.494 e. The quantitative estimate of drug-likeness (QED) is 0.229. The van der Waals surface area contributed by atoms with Gasteiger partial charge in [0, 0.05) is 26.0 Å². The molecule has 4 aromatic rings. The van der Waals surface area contributed by atoms with Crippen molar-refractivity contribution in [3.63, 3.8) is 0 Å². The molecular formula is C24H28N4O4S. The Morgan fingerprint density at radius 3 is 2.39 bits per heavy atom. The van der Waals surface area contributed by atoms with Crippen LogP contribution < -0.4 is 15.0 Å². The summed E-state index contributed by atoms with van der Waals surface area (Å²) < 4.78 is 20.3. The lowest BCUT2D eigenvalue weighted by Gasteiger charge is -2.11. The lowest BCUT2D eigenvalue weighted by Crippen LogP contribution is -2.24. The number of aryl methyl sites for hydroxylation is 1. The molecule has 0 bridgehead atoms. The van der Waals surface area contributed by atoms with Crippen molar-refractivity contribution >= 4 is 28.4 Å². The van der Waals surface area contributed by atoms with Crippen molar-refractivity contribution in [2.24, 2.45) is 0 Å². The Balaban J connectivity index is 1.48. The molecule has 0 unspecified atom stereocenters. The van der Waals surface area contributed by atoms with Gasteiger partial charge in [-0.3, -0.25) is 13.8 Å². The molecular weight excluding hydrogens is 440 g/mol. The zero-order valence-electron chi connectivity index (χ0n) is 18.9. The van der Waals surface area contributed by atoms with E-state index in [1.807, 2.05) is 52.9 Å². The first-order valence-corrected chi connectivity index (χ1v) is 12.1. The van der Waals surface area contributed by atoms with Crippen LogP contribution in [0.25, 0.3) is 16.7 Å². The second-order valence-corrected chi connectivity index (χ2v) is 8.52. The van der Waals surface area contributed by atoms with Gasteiger partial charge >= 0.3 is 0 Å². The molecule has 0 saturated carbocycles. The Morgan fingerprint density at radius 2 is 1.67 bits per heavy atom. The zero-order valence-corrected chi connectivity index (χ0v) is 19.7. The highest BCUT2D eigenvalue weighted by atomic mass is 32.2. The molecule has 0 amide bonds. The Kier molecular flexibility index (Phi) is 7.85. The zero-order chi connectivity index (χ0) is 23.0. The van der Waals surface area contributed by atoms with Crippen molar-refractivity contribution in [2.75, 3.05) is 32.7 Å². The van der Waals surface area contributed by atoms with Gasteiger partial charge in [-0.2, -0.15) is 0 Å². The number of hydrogen-bond acceptors (Lipinski definition) is 7. The summed E-state index contributed by atoms with van der Waals surface area (Å²) >= 11 is 1.55. The summed E-state index contributed by atoms with van der Waals surface area (Å²) in [6, 6.07) is 15.2. The second-order valence-electron chi connectivity index (χ2n) is 7.46. The number of methoxy groups -OCH3 is 1. The minimum atomic E-state index is -0.0622. The van der Waals surface area contributed by atoms with Gasteiger partial charge in [0.15, 0.2) is 5.16 Å². The third-order valence-electron chi connectivity index (χ3n) is 5.09. The first-order chi connectivity index (χ1) is 16.2. The number of fused-ring (bicyclic) bond motifs is 3. The van der Waals surface area contributed by atoms with Gasteiger partial charge in [-0.1, -0.05) is 30.8 Å². The number of nitrogens with zero attached hydrogens (tertiary/aromatic N) is 4. The van der Waals surface area contributed by atoms with Crippen LogP contribution in [0, 0.1) is 0 Å². The Labute approximate surface area is 196 Å². The molecule has 0 spiro atoms. The Bertz CT molecular complexity index is 1250. The number of aromatic nitrogens is 4. The molecule has 2 aromatic carbocycles. The van der Waals surface area contributed by atoms with E-state index in [4.69, 9.17) is 14.2 Å². The highest BCUT2D eigenvalue weighted by Crippen LogP contribution is 2.22. The highest BCUT2D eigenvalue weighted by molar-refractivity contribution is 7.99. The molecule has 174 valence electrons. The monoisotopic (exact) mass is 468 g/mol. The number of rotatable bonds is 12. The maximum atomic E-state index is 13.1. The summed E-state index contributed by atoms with van der Waals surface area (Å²) in [7, 11) is 1.65. The smallest absolute Gasteiger partial charge is 0.262 e. The fraction of sp³-hybridized carbons (Fsp3) is 0.375. The maximum absolute atomic E-state index is 13.1. The molecule has 2 aromatic heterocycles. The van der Waals surface area contributed by atoms with Crippen LogP contribution in [0.4, 0.5) is 0 Å². The highest BCUT2D eigenvalue weighted by Gasteiger charge is 2.16. The molecule has 0 N–H and O–H groups in total. The van der Waals surface area contributed by atoms with Gasteiger partial charge in [0.1, 0.15) is 11.5 Å². The van der Waals surface area contributed by atoms with Crippen molar-refractivity contribution < 1.29 is 14.2 Å². The average molecular weight is 469 g/mol. The van der Waals surface area contributed by atoms with Crippen LogP contribution in [-0.4, -0.2) is 51.8 Å². The van der Waals surface area contributed by atoms with Gasteiger partial charge in [-0.05, 0) is 49.2 Å². The molecule has 4 rings (SSSR count). The van der Waals surface area contributed by atoms with E-state index in [-0.39, 0.29) is 5.56 Å². The van der Waals surface area contributed by atoms with E-state index in [0.29, 0.717) is 43.3 Å². The maximum Gasteiger partial charge on any atom is 0.262 e. The molecule has 0 aliphatic carbocycles. The summed E-state index contributed by atoms with van der Waals surface area (Å²) in [6.07, 6.45) is 1.70. The standard InChI is InChI=1S/C24H28N4O4S/c1-3-14-31-18-9-11-19(12-10-18)32-16-17-33-24-26-25-23-27(13-6-15-30-2)22(29)20-7-4-5-8-21(20)28(23)24/h4-5,7-12H,3,6,13-17H2,1-2H3. The van der Waals surface area contributed by atoms with E-state index in [0.717, 1.165) is 35.0 Å². The predicted molar refractivity (Wildman–Crippen MR) is 130 cm³/mol. The van der Waals surface area contributed by atoms with E-state index in [1.54, 1.807) is 23.4 Å². The van der Waals surface area contributed by atoms with Crippen molar-refractivity contribution in [2.45, 2.75) is 31.5 Å². The van der Waals surface area contributed by atoms with E-state index in [9.17, 15) is 4.79 Å². The number of ether oxygens (including phenoxy) is 3. The van der Waals surface area contributed by atoms with Crippen LogP contribution in [0.2, 0.25) is 0 Å². The fourth-order valence-electron chi connectivity index (χ4n) is 3.54. The Hall–Kier alpha value is -3.04. The van der Waals surface area contributed by atoms with Crippen LogP contribution in [0.5, 0.6) is 11.5 Å². The van der Waals surface area contributed by atoms with Crippen LogP contribution in [-0.2, 0) is 11.3 Å². The van der Waals surface area contributed by atoms with Crippen LogP contribution >= 0.6 is 11.8 Å². The van der Waals surface area contributed by atoms with Gasteiger partial charge in [0.2, 0.25) is 5.78 Å². The van der Waals surface area contributed by atoms with Gasteiger partial charge < -0.3 is 14.2 Å². The normalized spacial score (nSPS) is 11.3. The van der Waals surface area contributed by atoms with Gasteiger partial charge in [-0.15, -0.1) is 10.2 Å². The lowest BCUT2D eigenvalue weighted by atomic mass is 10.2. The van der Waals surface area contributed by atoms with Crippen LogP contribution in [0.3, 0.4) is 0 Å². The molecule has 0 saturated heterocycles. The van der Waals surface area contributed by atoms with Crippen LogP contribution in [0.1, 0.15) is 19.8 Å². The van der Waals surface area contributed by atoms with Gasteiger partial charge in [0.25, 0.3) is 5.56 Å². The SMILES string of the molecule is CCCOc1ccc(OCCSc2nnc3n(CCCOC)c(=O)c4ccccc4n23)cc1. The van der Waals surface area contributed by atoms with Gasteiger partial charge in [0.05, 0.1) is 24.1 Å². The van der Waals surface area contributed by atoms with E-state index >= 15 is 0 Å². The number of hydrogen-bond donors (Lipinski definition) is 0. The number of benzene rings is 2. The third kappa shape index (κ3) is 5.31. The molecule has 0 aliphatic rings. The van der Waals surface area contributed by atoms with Crippen molar-refractivity contribution in [1.82, 2.24) is 19.2 Å². The second kappa shape index (κ2) is 11.2. The first-order valence-electron chi connectivity index (χ1n) is 11.1. The van der Waals surface area contributed by atoms with Gasteiger partial charge in [-0.25, -0.2) is 0 Å². The Morgan fingerprint density at radius 1 is 0.939 bits per heavy atom. The predicted octanol–water partition coefficient (Wildman–Crippen LogP) is 4.04. The third-order valence-corrected chi connectivity index (χ3v) is 5.98. The lowest BCUT2D eigenvalue weighted by molar-refractivity contribution is 0.190. The van der Waals surface area contributed by atoms with Crippen molar-refractivity contribution in [1.29, 1.82) is 0 Å². The molecule has 2 heterocycles.